The molecule has 0 spiro atoms. The SMILES string of the molecule is CC(C)N1CN(c2[c-]c(C(C)(C)c3[c-]c4c(cc3)c3ccccc3n4-c3cc(-c4ccccc4-c4ccccc4)ccn3)ccc2)c2ccccc21.[Pt+2]. The number of aromatic nitrogens is 2. The molecule has 3 heterocycles. The van der Waals surface area contributed by atoms with Crippen LogP contribution in [0.15, 0.2) is 152 Å². The fraction of sp³-hybridized carbons (Fsp3) is 0.146. The van der Waals surface area contributed by atoms with Crippen molar-refractivity contribution in [2.45, 2.75) is 39.2 Å². The first-order chi connectivity index (χ1) is 25.4. The van der Waals surface area contributed by atoms with Gasteiger partial charge < -0.3 is 14.4 Å². The van der Waals surface area contributed by atoms with E-state index in [-0.39, 0.29) is 26.5 Å². The number of para-hydroxylation sites is 3. The van der Waals surface area contributed by atoms with Crippen LogP contribution in [0.2, 0.25) is 0 Å². The Morgan fingerprint density at radius 2 is 1.30 bits per heavy atom. The standard InChI is InChI=1S/C48H40N4.Pt/c1-33(2)50-32-51(45-24-13-12-23-44(45)50)38-18-14-17-36(30-38)48(3,4)37-25-26-42-41-21-10-11-22-43(41)52(46(42)31-37)47-29-35(27-28-49-47)40-20-9-8-19-39(40)34-15-6-5-7-16-34;/h5-29,33H,32H2,1-4H3;/q-2;+2. The Morgan fingerprint density at radius 1 is 0.623 bits per heavy atom. The first kappa shape index (κ1) is 34.6. The van der Waals surface area contributed by atoms with Crippen molar-refractivity contribution in [1.82, 2.24) is 9.55 Å². The third kappa shape index (κ3) is 5.96. The van der Waals surface area contributed by atoms with Crippen LogP contribution in [0.5, 0.6) is 0 Å². The van der Waals surface area contributed by atoms with E-state index < -0.39 is 0 Å². The average molecular weight is 868 g/mol. The second-order valence-corrected chi connectivity index (χ2v) is 14.5. The van der Waals surface area contributed by atoms with Crippen LogP contribution in [-0.4, -0.2) is 22.3 Å². The van der Waals surface area contributed by atoms with E-state index in [1.165, 1.54) is 33.5 Å². The van der Waals surface area contributed by atoms with E-state index in [9.17, 15) is 0 Å². The van der Waals surface area contributed by atoms with E-state index in [1.807, 2.05) is 6.20 Å². The summed E-state index contributed by atoms with van der Waals surface area (Å²) in [5.41, 5.74) is 12.3. The minimum atomic E-state index is -0.369. The van der Waals surface area contributed by atoms with Gasteiger partial charge in [0.1, 0.15) is 5.82 Å². The van der Waals surface area contributed by atoms with Gasteiger partial charge >= 0.3 is 21.1 Å². The maximum Gasteiger partial charge on any atom is 2.00 e. The van der Waals surface area contributed by atoms with Crippen LogP contribution < -0.4 is 9.80 Å². The quantitative estimate of drug-likeness (QED) is 0.149. The number of fused-ring (bicyclic) bond motifs is 4. The normalized spacial score (nSPS) is 12.8. The van der Waals surface area contributed by atoms with Crippen molar-refractivity contribution in [2.75, 3.05) is 16.5 Å². The van der Waals surface area contributed by atoms with Crippen molar-refractivity contribution in [3.05, 3.63) is 175 Å². The number of nitrogens with zero attached hydrogens (tertiary/aromatic N) is 4. The number of pyridine rings is 1. The van der Waals surface area contributed by atoms with Crippen molar-refractivity contribution in [3.63, 3.8) is 0 Å². The van der Waals surface area contributed by atoms with Gasteiger partial charge in [0.2, 0.25) is 0 Å². The summed E-state index contributed by atoms with van der Waals surface area (Å²) in [4.78, 5) is 9.81. The van der Waals surface area contributed by atoms with Gasteiger partial charge in [-0.05, 0) is 77.2 Å². The Bertz CT molecular complexity index is 2590. The molecule has 0 saturated carbocycles. The van der Waals surface area contributed by atoms with Gasteiger partial charge in [-0.2, -0.15) is 47.5 Å². The van der Waals surface area contributed by atoms with E-state index in [1.54, 1.807) is 0 Å². The molecule has 1 aliphatic rings. The molecule has 4 nitrogen and oxygen atoms in total. The second kappa shape index (κ2) is 13.8. The summed E-state index contributed by atoms with van der Waals surface area (Å²) in [5, 5.41) is 2.35. The topological polar surface area (TPSA) is 24.3 Å². The molecule has 0 N–H and O–H groups in total. The molecule has 262 valence electrons. The Balaban J connectivity index is 0.00000400. The molecule has 8 aromatic rings. The smallest absolute Gasteiger partial charge is 0.349 e. The molecule has 0 aliphatic carbocycles. The van der Waals surface area contributed by atoms with Crippen LogP contribution in [-0.2, 0) is 26.5 Å². The molecular formula is C48H40N4Pt. The number of benzene rings is 6. The fourth-order valence-corrected chi connectivity index (χ4v) is 7.82. The third-order valence-electron chi connectivity index (χ3n) is 10.7. The number of anilines is 3. The first-order valence-electron chi connectivity index (χ1n) is 18.1. The van der Waals surface area contributed by atoms with E-state index in [0.717, 1.165) is 51.3 Å². The third-order valence-corrected chi connectivity index (χ3v) is 10.7. The molecule has 0 amide bonds. The van der Waals surface area contributed by atoms with E-state index in [0.29, 0.717) is 6.04 Å². The molecule has 1 aliphatic heterocycles. The predicted octanol–water partition coefficient (Wildman–Crippen LogP) is 11.8. The monoisotopic (exact) mass is 867 g/mol. The van der Waals surface area contributed by atoms with Crippen molar-refractivity contribution < 1.29 is 21.1 Å². The van der Waals surface area contributed by atoms with Crippen molar-refractivity contribution in [2.24, 2.45) is 0 Å². The van der Waals surface area contributed by atoms with Crippen LogP contribution in [0.4, 0.5) is 17.1 Å². The van der Waals surface area contributed by atoms with Gasteiger partial charge in [0.25, 0.3) is 0 Å². The maximum absolute atomic E-state index is 4.98. The average Bonchev–Trinajstić information content (AvgIpc) is 3.75. The summed E-state index contributed by atoms with van der Waals surface area (Å²) in [6.07, 6.45) is 1.93. The van der Waals surface area contributed by atoms with Crippen molar-refractivity contribution in [1.29, 1.82) is 0 Å². The Morgan fingerprint density at radius 3 is 2.09 bits per heavy atom. The second-order valence-electron chi connectivity index (χ2n) is 14.5. The summed E-state index contributed by atoms with van der Waals surface area (Å²) < 4.78 is 2.28. The first-order valence-corrected chi connectivity index (χ1v) is 18.1. The predicted molar refractivity (Wildman–Crippen MR) is 217 cm³/mol. The zero-order valence-electron chi connectivity index (χ0n) is 30.3. The van der Waals surface area contributed by atoms with Crippen LogP contribution >= 0.6 is 0 Å². The van der Waals surface area contributed by atoms with Gasteiger partial charge in [-0.1, -0.05) is 110 Å². The van der Waals surface area contributed by atoms with Crippen LogP contribution in [0.1, 0.15) is 38.8 Å². The molecule has 0 unspecified atom stereocenters. The van der Waals surface area contributed by atoms with Gasteiger partial charge in [0.05, 0.1) is 18.0 Å². The summed E-state index contributed by atoms with van der Waals surface area (Å²) in [7, 11) is 0. The van der Waals surface area contributed by atoms with Crippen molar-refractivity contribution >= 4 is 38.9 Å². The van der Waals surface area contributed by atoms with Gasteiger partial charge in [-0.3, -0.25) is 0 Å². The Hall–Kier alpha value is -5.44. The molecule has 0 atom stereocenters. The number of hydrogen-bond donors (Lipinski definition) is 0. The molecule has 0 saturated heterocycles. The molecule has 5 heteroatoms. The van der Waals surface area contributed by atoms with Crippen LogP contribution in [0.3, 0.4) is 0 Å². The van der Waals surface area contributed by atoms with Gasteiger partial charge in [-0.15, -0.1) is 11.5 Å². The summed E-state index contributed by atoms with van der Waals surface area (Å²) in [6, 6.07) is 60.1. The Labute approximate surface area is 326 Å². The van der Waals surface area contributed by atoms with Crippen molar-refractivity contribution in [3.8, 4) is 28.1 Å². The molecule has 9 rings (SSSR count). The van der Waals surface area contributed by atoms with Crippen LogP contribution in [0, 0.1) is 12.1 Å². The number of rotatable bonds is 7. The zero-order valence-corrected chi connectivity index (χ0v) is 32.6. The van der Waals surface area contributed by atoms with E-state index >= 15 is 0 Å². The summed E-state index contributed by atoms with van der Waals surface area (Å²) in [5.74, 6) is 0.869. The summed E-state index contributed by atoms with van der Waals surface area (Å²) >= 11 is 0. The van der Waals surface area contributed by atoms with Crippen LogP contribution in [0.25, 0.3) is 49.9 Å². The minimum Gasteiger partial charge on any atom is -0.349 e. The molecule has 2 aromatic heterocycles. The van der Waals surface area contributed by atoms with Gasteiger partial charge in [0, 0.05) is 17.8 Å². The largest absolute Gasteiger partial charge is 2.00 e. The van der Waals surface area contributed by atoms with Gasteiger partial charge in [-0.25, -0.2) is 4.98 Å². The Kier molecular flexibility index (Phi) is 9.04. The van der Waals surface area contributed by atoms with E-state index in [4.69, 9.17) is 4.98 Å². The fourth-order valence-electron chi connectivity index (χ4n) is 7.82. The molecule has 0 bridgehead atoms. The minimum absolute atomic E-state index is 0. The number of hydrogen-bond acceptors (Lipinski definition) is 3. The molecule has 6 aromatic carbocycles. The zero-order chi connectivity index (χ0) is 35.4. The molecule has 0 fully saturated rings. The molecule has 53 heavy (non-hydrogen) atoms. The van der Waals surface area contributed by atoms with Gasteiger partial charge in [0.15, 0.2) is 0 Å². The molecule has 0 radical (unpaired) electrons. The maximum atomic E-state index is 4.98. The summed E-state index contributed by atoms with van der Waals surface area (Å²) in [6.45, 7) is 9.88. The molecular weight excluding hydrogens is 828 g/mol. The van der Waals surface area contributed by atoms with E-state index in [2.05, 4.69) is 200 Å².